The normalized spacial score (nSPS) is 14.8. The van der Waals surface area contributed by atoms with E-state index in [-0.39, 0.29) is 16.7 Å². The number of aromatic hydroxyl groups is 1. The predicted octanol–water partition coefficient (Wildman–Crippen LogP) is 4.54. The standard InChI is InChI=1S/C27H36N4O2/c1-26(2,3)21-16-19(17-22(24(21)33)27(4,5)6)9-10-23(32)30-12-14-31(15-13-30)25-20(18-28)8-7-11-29-25/h7-8,11,16-17,33H,9-10,12-15H2,1-6H3. The van der Waals surface area contributed by atoms with Crippen molar-refractivity contribution in [2.75, 3.05) is 31.1 Å². The highest BCUT2D eigenvalue weighted by atomic mass is 16.3. The molecule has 0 radical (unpaired) electrons. The Balaban J connectivity index is 1.67. The lowest BCUT2D eigenvalue weighted by molar-refractivity contribution is -0.131. The summed E-state index contributed by atoms with van der Waals surface area (Å²) in [5.41, 5.74) is 3.13. The van der Waals surface area contributed by atoms with E-state index < -0.39 is 0 Å². The van der Waals surface area contributed by atoms with Crippen molar-refractivity contribution >= 4 is 11.7 Å². The number of anilines is 1. The maximum Gasteiger partial charge on any atom is 0.223 e. The Bertz CT molecular complexity index is 1010. The molecule has 1 aromatic carbocycles. The molecule has 1 fully saturated rings. The van der Waals surface area contributed by atoms with Crippen molar-refractivity contribution in [3.63, 3.8) is 0 Å². The minimum atomic E-state index is -0.186. The van der Waals surface area contributed by atoms with Crippen LogP contribution < -0.4 is 4.90 Å². The van der Waals surface area contributed by atoms with Gasteiger partial charge in [0.2, 0.25) is 5.91 Å². The van der Waals surface area contributed by atoms with Crippen molar-refractivity contribution in [1.82, 2.24) is 9.88 Å². The van der Waals surface area contributed by atoms with Crippen LogP contribution in [0, 0.1) is 11.3 Å². The second kappa shape index (κ2) is 9.43. The molecule has 1 aliphatic heterocycles. The third-order valence-corrected chi connectivity index (χ3v) is 6.25. The number of piperazine rings is 1. The van der Waals surface area contributed by atoms with Gasteiger partial charge in [0.15, 0.2) is 0 Å². The molecule has 176 valence electrons. The average molecular weight is 449 g/mol. The van der Waals surface area contributed by atoms with Gasteiger partial charge in [-0.1, -0.05) is 53.7 Å². The summed E-state index contributed by atoms with van der Waals surface area (Å²) in [4.78, 5) is 21.3. The summed E-state index contributed by atoms with van der Waals surface area (Å²) in [5.74, 6) is 1.20. The molecule has 0 saturated carbocycles. The number of carbonyl (C=O) groups excluding carboxylic acids is 1. The van der Waals surface area contributed by atoms with E-state index in [2.05, 4.69) is 69.6 Å². The number of carbonyl (C=O) groups is 1. The van der Waals surface area contributed by atoms with Crippen LogP contribution in [0.1, 0.15) is 70.2 Å². The molecule has 2 aromatic rings. The van der Waals surface area contributed by atoms with Crippen LogP contribution in [0.2, 0.25) is 0 Å². The lowest BCUT2D eigenvalue weighted by atomic mass is 9.78. The first kappa shape index (κ1) is 24.6. The Morgan fingerprint density at radius 2 is 1.64 bits per heavy atom. The molecule has 6 heteroatoms. The highest BCUT2D eigenvalue weighted by molar-refractivity contribution is 5.77. The van der Waals surface area contributed by atoms with E-state index in [1.807, 2.05) is 4.90 Å². The second-order valence-electron chi connectivity index (χ2n) is 10.9. The van der Waals surface area contributed by atoms with Gasteiger partial charge in [0, 0.05) is 38.8 Å². The summed E-state index contributed by atoms with van der Waals surface area (Å²) < 4.78 is 0. The van der Waals surface area contributed by atoms with Gasteiger partial charge >= 0.3 is 0 Å². The van der Waals surface area contributed by atoms with Crippen molar-refractivity contribution in [3.8, 4) is 11.8 Å². The van der Waals surface area contributed by atoms with Gasteiger partial charge in [0.1, 0.15) is 17.6 Å². The Labute approximate surface area is 197 Å². The number of phenols is 1. The van der Waals surface area contributed by atoms with E-state index in [9.17, 15) is 15.2 Å². The number of benzene rings is 1. The smallest absolute Gasteiger partial charge is 0.223 e. The molecular formula is C27H36N4O2. The quantitative estimate of drug-likeness (QED) is 0.743. The summed E-state index contributed by atoms with van der Waals surface area (Å²) in [6.45, 7) is 15.2. The zero-order chi connectivity index (χ0) is 24.4. The molecule has 0 spiro atoms. The fourth-order valence-corrected chi connectivity index (χ4v) is 4.30. The molecule has 0 bridgehead atoms. The minimum absolute atomic E-state index is 0.138. The number of rotatable bonds is 4. The number of hydrogen-bond acceptors (Lipinski definition) is 5. The molecule has 3 rings (SSSR count). The first-order chi connectivity index (χ1) is 15.4. The molecule has 1 saturated heterocycles. The van der Waals surface area contributed by atoms with E-state index in [0.717, 1.165) is 16.7 Å². The van der Waals surface area contributed by atoms with Gasteiger partial charge in [0.25, 0.3) is 0 Å². The highest BCUT2D eigenvalue weighted by Gasteiger charge is 2.27. The molecule has 1 amide bonds. The number of aryl methyl sites for hydroxylation is 1. The number of nitriles is 1. The van der Waals surface area contributed by atoms with Gasteiger partial charge in [0.05, 0.1) is 5.56 Å². The average Bonchev–Trinajstić information content (AvgIpc) is 2.76. The molecule has 1 N–H and O–H groups in total. The molecule has 1 aliphatic rings. The lowest BCUT2D eigenvalue weighted by Gasteiger charge is -2.35. The van der Waals surface area contributed by atoms with Crippen LogP contribution in [0.3, 0.4) is 0 Å². The van der Waals surface area contributed by atoms with Crippen LogP contribution in [-0.4, -0.2) is 47.1 Å². The zero-order valence-corrected chi connectivity index (χ0v) is 20.8. The summed E-state index contributed by atoms with van der Waals surface area (Å²) in [7, 11) is 0. The molecule has 0 atom stereocenters. The van der Waals surface area contributed by atoms with Crippen LogP contribution in [0.5, 0.6) is 5.75 Å². The fourth-order valence-electron chi connectivity index (χ4n) is 4.30. The van der Waals surface area contributed by atoms with Crippen molar-refractivity contribution in [3.05, 3.63) is 52.7 Å². The van der Waals surface area contributed by atoms with Crippen LogP contribution in [0.4, 0.5) is 5.82 Å². The number of hydrogen-bond donors (Lipinski definition) is 1. The summed E-state index contributed by atoms with van der Waals surface area (Å²) >= 11 is 0. The van der Waals surface area contributed by atoms with Gasteiger partial charge in [-0.05, 0) is 46.1 Å². The summed E-state index contributed by atoms with van der Waals surface area (Å²) in [6, 6.07) is 9.85. The van der Waals surface area contributed by atoms with Gasteiger partial charge < -0.3 is 14.9 Å². The Hall–Kier alpha value is -3.07. The van der Waals surface area contributed by atoms with Gasteiger partial charge in [-0.2, -0.15) is 5.26 Å². The SMILES string of the molecule is CC(C)(C)c1cc(CCC(=O)N2CCN(c3ncccc3C#N)CC2)cc(C(C)(C)C)c1O. The molecule has 0 aliphatic carbocycles. The zero-order valence-electron chi connectivity index (χ0n) is 20.8. The second-order valence-corrected chi connectivity index (χ2v) is 10.9. The van der Waals surface area contributed by atoms with Crippen molar-refractivity contribution in [1.29, 1.82) is 5.26 Å². The number of aromatic nitrogens is 1. The van der Waals surface area contributed by atoms with Crippen molar-refractivity contribution in [2.45, 2.75) is 65.2 Å². The molecule has 0 unspecified atom stereocenters. The predicted molar refractivity (Wildman–Crippen MR) is 132 cm³/mol. The Kier molecular flexibility index (Phi) is 7.02. The summed E-state index contributed by atoms with van der Waals surface area (Å²) in [6.07, 6.45) is 2.78. The molecule has 6 nitrogen and oxygen atoms in total. The number of pyridine rings is 1. The van der Waals surface area contributed by atoms with E-state index in [1.54, 1.807) is 18.3 Å². The van der Waals surface area contributed by atoms with E-state index >= 15 is 0 Å². The summed E-state index contributed by atoms with van der Waals surface area (Å²) in [5, 5.41) is 20.2. The minimum Gasteiger partial charge on any atom is -0.507 e. The highest BCUT2D eigenvalue weighted by Crippen LogP contribution is 2.40. The van der Waals surface area contributed by atoms with E-state index in [0.29, 0.717) is 56.2 Å². The first-order valence-electron chi connectivity index (χ1n) is 11.7. The van der Waals surface area contributed by atoms with Crippen LogP contribution >= 0.6 is 0 Å². The molecule has 2 heterocycles. The topological polar surface area (TPSA) is 80.5 Å². The number of amides is 1. The van der Waals surface area contributed by atoms with Gasteiger partial charge in [-0.3, -0.25) is 4.79 Å². The van der Waals surface area contributed by atoms with E-state index in [4.69, 9.17) is 0 Å². The monoisotopic (exact) mass is 448 g/mol. The van der Waals surface area contributed by atoms with E-state index in [1.165, 1.54) is 0 Å². The molecule has 1 aromatic heterocycles. The molecular weight excluding hydrogens is 412 g/mol. The van der Waals surface area contributed by atoms with Gasteiger partial charge in [-0.25, -0.2) is 4.98 Å². The number of nitrogens with zero attached hydrogens (tertiary/aromatic N) is 4. The first-order valence-corrected chi connectivity index (χ1v) is 11.7. The lowest BCUT2D eigenvalue weighted by Crippen LogP contribution is -2.49. The van der Waals surface area contributed by atoms with Crippen molar-refractivity contribution in [2.24, 2.45) is 0 Å². The van der Waals surface area contributed by atoms with Crippen molar-refractivity contribution < 1.29 is 9.90 Å². The molecule has 33 heavy (non-hydrogen) atoms. The van der Waals surface area contributed by atoms with Crippen LogP contribution in [0.25, 0.3) is 0 Å². The fraction of sp³-hybridized carbons (Fsp3) is 0.519. The van der Waals surface area contributed by atoms with Crippen LogP contribution in [0.15, 0.2) is 30.5 Å². The third kappa shape index (κ3) is 5.65. The largest absolute Gasteiger partial charge is 0.507 e. The Morgan fingerprint density at radius 3 is 2.15 bits per heavy atom. The number of phenolic OH excluding ortho intramolecular Hbond substituents is 1. The maximum absolute atomic E-state index is 13.0. The van der Waals surface area contributed by atoms with Gasteiger partial charge in [-0.15, -0.1) is 0 Å². The third-order valence-electron chi connectivity index (χ3n) is 6.25. The maximum atomic E-state index is 13.0. The van der Waals surface area contributed by atoms with Crippen LogP contribution in [-0.2, 0) is 22.0 Å². The Morgan fingerprint density at radius 1 is 1.06 bits per heavy atom.